The minimum atomic E-state index is -0.354. The lowest BCUT2D eigenvalue weighted by Crippen LogP contribution is -2.43. The molecule has 1 atom stereocenters. The molecule has 0 radical (unpaired) electrons. The quantitative estimate of drug-likeness (QED) is 0.733. The minimum Gasteiger partial charge on any atom is -0.493 e. The predicted octanol–water partition coefficient (Wildman–Crippen LogP) is 3.18. The zero-order valence-corrected chi connectivity index (χ0v) is 17.2. The minimum absolute atomic E-state index is 0.0216. The van der Waals surface area contributed by atoms with Crippen LogP contribution in [0.5, 0.6) is 11.5 Å². The summed E-state index contributed by atoms with van der Waals surface area (Å²) < 4.78 is 10.4. The lowest BCUT2D eigenvalue weighted by atomic mass is 10.1. The smallest absolute Gasteiger partial charge is 0.251 e. The fraction of sp³-hybridized carbons (Fsp3) is 0.333. The van der Waals surface area contributed by atoms with Crippen molar-refractivity contribution < 1.29 is 19.1 Å². The lowest BCUT2D eigenvalue weighted by molar-refractivity contribution is -0.130. The van der Waals surface area contributed by atoms with Crippen LogP contribution < -0.4 is 14.8 Å². The van der Waals surface area contributed by atoms with E-state index in [0.717, 1.165) is 5.56 Å². The summed E-state index contributed by atoms with van der Waals surface area (Å²) in [4.78, 5) is 26.4. The van der Waals surface area contributed by atoms with Crippen molar-refractivity contribution in [1.29, 1.82) is 0 Å². The predicted molar refractivity (Wildman–Crippen MR) is 109 cm³/mol. The van der Waals surface area contributed by atoms with Crippen molar-refractivity contribution in [3.63, 3.8) is 0 Å². The molecular formula is C21H25ClN2O4. The molecule has 0 bridgehead atoms. The van der Waals surface area contributed by atoms with Crippen molar-refractivity contribution in [2.24, 2.45) is 0 Å². The number of nitrogens with zero attached hydrogens (tertiary/aromatic N) is 1. The Labute approximate surface area is 170 Å². The van der Waals surface area contributed by atoms with E-state index in [0.29, 0.717) is 28.5 Å². The molecule has 2 aromatic carbocycles. The van der Waals surface area contributed by atoms with Gasteiger partial charge in [0.2, 0.25) is 5.91 Å². The van der Waals surface area contributed by atoms with E-state index in [-0.39, 0.29) is 24.4 Å². The molecule has 0 aliphatic carbocycles. The van der Waals surface area contributed by atoms with E-state index in [1.54, 1.807) is 30.1 Å². The van der Waals surface area contributed by atoms with Gasteiger partial charge in [0.05, 0.1) is 20.8 Å². The Morgan fingerprint density at radius 1 is 1.07 bits per heavy atom. The van der Waals surface area contributed by atoms with Gasteiger partial charge in [0.25, 0.3) is 5.91 Å². The number of carbonyl (C=O) groups is 2. The average Bonchev–Trinajstić information content (AvgIpc) is 2.72. The number of amides is 2. The number of nitrogens with one attached hydrogen (secondary N) is 1. The zero-order valence-electron chi connectivity index (χ0n) is 16.5. The molecule has 1 unspecified atom stereocenters. The van der Waals surface area contributed by atoms with E-state index in [1.807, 2.05) is 31.2 Å². The molecule has 2 amide bonds. The summed E-state index contributed by atoms with van der Waals surface area (Å²) in [6.07, 6.45) is 0.697. The van der Waals surface area contributed by atoms with Gasteiger partial charge in [-0.1, -0.05) is 23.7 Å². The zero-order chi connectivity index (χ0) is 20.7. The molecule has 0 saturated heterocycles. The van der Waals surface area contributed by atoms with Gasteiger partial charge in [0, 0.05) is 23.7 Å². The van der Waals surface area contributed by atoms with Crippen molar-refractivity contribution in [3.8, 4) is 11.5 Å². The number of rotatable bonds is 8. The monoisotopic (exact) mass is 404 g/mol. The van der Waals surface area contributed by atoms with E-state index in [2.05, 4.69) is 5.32 Å². The van der Waals surface area contributed by atoms with Crippen molar-refractivity contribution in [2.75, 3.05) is 27.8 Å². The van der Waals surface area contributed by atoms with Crippen LogP contribution in [0.1, 0.15) is 22.8 Å². The first-order valence-corrected chi connectivity index (χ1v) is 9.23. The number of likely N-dealkylation sites (N-methyl/N-ethyl adjacent to an activating group) is 1. The van der Waals surface area contributed by atoms with E-state index < -0.39 is 0 Å². The number of hydrogen-bond acceptors (Lipinski definition) is 4. The highest BCUT2D eigenvalue weighted by Gasteiger charge is 2.18. The summed E-state index contributed by atoms with van der Waals surface area (Å²) in [7, 11) is 4.75. The topological polar surface area (TPSA) is 67.9 Å². The third-order valence-corrected chi connectivity index (χ3v) is 4.80. The Morgan fingerprint density at radius 2 is 1.71 bits per heavy atom. The molecule has 150 valence electrons. The first-order chi connectivity index (χ1) is 13.3. The molecule has 7 heteroatoms. The third-order valence-electron chi connectivity index (χ3n) is 4.54. The van der Waals surface area contributed by atoms with Crippen LogP contribution >= 0.6 is 11.6 Å². The highest BCUT2D eigenvalue weighted by molar-refractivity contribution is 6.30. The van der Waals surface area contributed by atoms with Gasteiger partial charge in [0.15, 0.2) is 11.5 Å². The summed E-state index contributed by atoms with van der Waals surface area (Å²) in [6, 6.07) is 12.4. The second-order valence-electron chi connectivity index (χ2n) is 6.44. The number of hydrogen-bond donors (Lipinski definition) is 1. The first-order valence-electron chi connectivity index (χ1n) is 8.86. The van der Waals surface area contributed by atoms with Gasteiger partial charge in [-0.3, -0.25) is 9.59 Å². The number of carbonyl (C=O) groups excluding carboxylic acids is 2. The second kappa shape index (κ2) is 9.99. The maximum Gasteiger partial charge on any atom is 0.251 e. The Balaban J connectivity index is 1.91. The summed E-state index contributed by atoms with van der Waals surface area (Å²) in [5, 5.41) is 3.33. The molecule has 0 heterocycles. The van der Waals surface area contributed by atoms with E-state index in [9.17, 15) is 9.59 Å². The summed E-state index contributed by atoms with van der Waals surface area (Å²) in [5.41, 5.74) is 1.48. The van der Waals surface area contributed by atoms with Crippen LogP contribution in [0.15, 0.2) is 42.5 Å². The van der Waals surface area contributed by atoms with Gasteiger partial charge in [-0.25, -0.2) is 0 Å². The summed E-state index contributed by atoms with van der Waals surface area (Å²) in [5.74, 6) is 0.462. The van der Waals surface area contributed by atoms with Crippen LogP contribution in [0.25, 0.3) is 0 Å². The fourth-order valence-electron chi connectivity index (χ4n) is 2.70. The van der Waals surface area contributed by atoms with Crippen molar-refractivity contribution in [3.05, 3.63) is 58.6 Å². The highest BCUT2D eigenvalue weighted by Crippen LogP contribution is 2.27. The largest absolute Gasteiger partial charge is 0.493 e. The van der Waals surface area contributed by atoms with Gasteiger partial charge in [-0.15, -0.1) is 0 Å². The fourth-order valence-corrected chi connectivity index (χ4v) is 2.83. The molecule has 2 aromatic rings. The van der Waals surface area contributed by atoms with Crippen LogP contribution in [-0.4, -0.2) is 50.6 Å². The standard InChI is InChI=1S/C21H25ClN2O4/c1-14(11-15-5-8-17(22)9-6-15)24(2)20(25)13-23-21(26)16-7-10-18(27-3)19(12-16)28-4/h5-10,12,14H,11,13H2,1-4H3,(H,23,26). The van der Waals surface area contributed by atoms with Crippen LogP contribution in [-0.2, 0) is 11.2 Å². The molecule has 0 fully saturated rings. The third kappa shape index (κ3) is 5.63. The maximum absolute atomic E-state index is 12.4. The van der Waals surface area contributed by atoms with Crippen LogP contribution in [0, 0.1) is 0 Å². The summed E-state index contributed by atoms with van der Waals surface area (Å²) in [6.45, 7) is 1.87. The molecule has 0 aliphatic heterocycles. The number of benzene rings is 2. The normalized spacial score (nSPS) is 11.5. The molecule has 6 nitrogen and oxygen atoms in total. The highest BCUT2D eigenvalue weighted by atomic mass is 35.5. The Kier molecular flexibility index (Phi) is 7.70. The van der Waals surface area contributed by atoms with Crippen molar-refractivity contribution in [2.45, 2.75) is 19.4 Å². The average molecular weight is 405 g/mol. The molecule has 28 heavy (non-hydrogen) atoms. The van der Waals surface area contributed by atoms with Gasteiger partial charge >= 0.3 is 0 Å². The number of ether oxygens (including phenoxy) is 2. The van der Waals surface area contributed by atoms with Gasteiger partial charge in [0.1, 0.15) is 0 Å². The Morgan fingerprint density at radius 3 is 2.32 bits per heavy atom. The van der Waals surface area contributed by atoms with Crippen molar-refractivity contribution >= 4 is 23.4 Å². The van der Waals surface area contributed by atoms with Gasteiger partial charge in [-0.05, 0) is 49.2 Å². The Bertz CT molecular complexity index is 824. The van der Waals surface area contributed by atoms with E-state index >= 15 is 0 Å². The summed E-state index contributed by atoms with van der Waals surface area (Å²) >= 11 is 5.90. The molecule has 0 aromatic heterocycles. The van der Waals surface area contributed by atoms with E-state index in [1.165, 1.54) is 14.2 Å². The molecule has 0 spiro atoms. The molecule has 0 aliphatic rings. The second-order valence-corrected chi connectivity index (χ2v) is 6.87. The number of methoxy groups -OCH3 is 2. The maximum atomic E-state index is 12.4. The lowest BCUT2D eigenvalue weighted by Gasteiger charge is -2.25. The van der Waals surface area contributed by atoms with Crippen molar-refractivity contribution in [1.82, 2.24) is 10.2 Å². The molecule has 1 N–H and O–H groups in total. The van der Waals surface area contributed by atoms with E-state index in [4.69, 9.17) is 21.1 Å². The Hall–Kier alpha value is -2.73. The SMILES string of the molecule is COc1ccc(C(=O)NCC(=O)N(C)C(C)Cc2ccc(Cl)cc2)cc1OC. The number of halogens is 1. The molecular weight excluding hydrogens is 380 g/mol. The van der Waals surface area contributed by atoms with Crippen LogP contribution in [0.2, 0.25) is 5.02 Å². The molecule has 0 saturated carbocycles. The van der Waals surface area contributed by atoms with Gasteiger partial charge in [-0.2, -0.15) is 0 Å². The molecule has 2 rings (SSSR count). The first kappa shape index (κ1) is 21.6. The van der Waals surface area contributed by atoms with Crippen LogP contribution in [0.3, 0.4) is 0 Å². The van der Waals surface area contributed by atoms with Crippen LogP contribution in [0.4, 0.5) is 0 Å². The van der Waals surface area contributed by atoms with Gasteiger partial charge < -0.3 is 19.7 Å².